The standard InChI is InChI=1S/C13H18O3/c1-8(12(15)16)9-6-5-7-10(11(9)14)13(2,3)4/h5-8,14H,1-4H3,(H,15,16). The molecule has 0 aliphatic carbocycles. The molecule has 1 aromatic rings. The Bertz CT molecular complexity index is 402. The Labute approximate surface area is 95.7 Å². The van der Waals surface area contributed by atoms with Crippen molar-refractivity contribution in [3.05, 3.63) is 29.3 Å². The third kappa shape index (κ3) is 2.35. The fourth-order valence-corrected chi connectivity index (χ4v) is 1.65. The number of carbonyl (C=O) groups is 1. The third-order valence-corrected chi connectivity index (χ3v) is 2.71. The van der Waals surface area contributed by atoms with E-state index in [1.165, 1.54) is 0 Å². The molecule has 0 bridgehead atoms. The van der Waals surface area contributed by atoms with Gasteiger partial charge in [0.25, 0.3) is 0 Å². The van der Waals surface area contributed by atoms with E-state index in [-0.39, 0.29) is 11.2 Å². The number of aliphatic carboxylic acids is 1. The van der Waals surface area contributed by atoms with Crippen LogP contribution in [0.5, 0.6) is 5.75 Å². The minimum absolute atomic E-state index is 0.102. The fraction of sp³-hybridized carbons (Fsp3) is 0.462. The summed E-state index contributed by atoms with van der Waals surface area (Å²) in [5.74, 6) is -1.52. The van der Waals surface area contributed by atoms with Gasteiger partial charge in [-0.15, -0.1) is 0 Å². The maximum atomic E-state index is 10.9. The second kappa shape index (κ2) is 4.16. The molecule has 88 valence electrons. The molecule has 1 unspecified atom stereocenters. The highest BCUT2D eigenvalue weighted by Crippen LogP contribution is 2.36. The molecule has 16 heavy (non-hydrogen) atoms. The summed E-state index contributed by atoms with van der Waals surface area (Å²) < 4.78 is 0. The van der Waals surface area contributed by atoms with Crippen molar-refractivity contribution in [2.45, 2.75) is 39.0 Å². The van der Waals surface area contributed by atoms with Gasteiger partial charge in [-0.25, -0.2) is 0 Å². The van der Waals surface area contributed by atoms with Gasteiger partial charge in [-0.2, -0.15) is 0 Å². The summed E-state index contributed by atoms with van der Waals surface area (Å²) in [6.45, 7) is 7.52. The van der Waals surface area contributed by atoms with Gasteiger partial charge < -0.3 is 10.2 Å². The first kappa shape index (κ1) is 12.6. The molecule has 1 atom stereocenters. The summed E-state index contributed by atoms with van der Waals surface area (Å²) in [4.78, 5) is 10.9. The lowest BCUT2D eigenvalue weighted by Gasteiger charge is -2.22. The lowest BCUT2D eigenvalue weighted by atomic mass is 9.83. The lowest BCUT2D eigenvalue weighted by Crippen LogP contribution is -2.14. The molecule has 0 aromatic heterocycles. The Morgan fingerprint density at radius 2 is 1.88 bits per heavy atom. The first-order valence-corrected chi connectivity index (χ1v) is 5.30. The molecule has 0 fully saturated rings. The predicted octanol–water partition coefficient (Wildman–Crippen LogP) is 2.88. The van der Waals surface area contributed by atoms with E-state index in [9.17, 15) is 9.90 Å². The van der Waals surface area contributed by atoms with Gasteiger partial charge in [-0.1, -0.05) is 39.0 Å². The molecule has 3 heteroatoms. The molecule has 0 saturated carbocycles. The van der Waals surface area contributed by atoms with E-state index >= 15 is 0 Å². The van der Waals surface area contributed by atoms with Crippen LogP contribution in [0.2, 0.25) is 0 Å². The van der Waals surface area contributed by atoms with Crippen LogP contribution >= 0.6 is 0 Å². The van der Waals surface area contributed by atoms with Gasteiger partial charge in [-0.05, 0) is 17.9 Å². The van der Waals surface area contributed by atoms with E-state index in [1.54, 1.807) is 19.1 Å². The number of carboxylic acid groups (broad SMARTS) is 1. The molecule has 0 spiro atoms. The number of aromatic hydroxyl groups is 1. The third-order valence-electron chi connectivity index (χ3n) is 2.71. The molecule has 0 radical (unpaired) electrons. The summed E-state index contributed by atoms with van der Waals surface area (Å²) in [6, 6.07) is 5.27. The summed E-state index contributed by atoms with van der Waals surface area (Å²) in [5, 5.41) is 19.0. The largest absolute Gasteiger partial charge is 0.507 e. The predicted molar refractivity (Wildman–Crippen MR) is 62.9 cm³/mol. The average Bonchev–Trinajstić information content (AvgIpc) is 2.15. The molecule has 3 nitrogen and oxygen atoms in total. The molecular weight excluding hydrogens is 204 g/mol. The molecule has 2 N–H and O–H groups in total. The Morgan fingerprint density at radius 1 is 1.31 bits per heavy atom. The molecule has 0 aliphatic rings. The van der Waals surface area contributed by atoms with Gasteiger partial charge in [0.2, 0.25) is 0 Å². The van der Waals surface area contributed by atoms with Crippen molar-refractivity contribution < 1.29 is 15.0 Å². The average molecular weight is 222 g/mol. The number of phenols is 1. The van der Waals surface area contributed by atoms with E-state index in [2.05, 4.69) is 0 Å². The minimum Gasteiger partial charge on any atom is -0.507 e. The minimum atomic E-state index is -0.929. The number of benzene rings is 1. The SMILES string of the molecule is CC(C(=O)O)c1cccc(C(C)(C)C)c1O. The highest BCUT2D eigenvalue weighted by molar-refractivity contribution is 5.77. The summed E-state index contributed by atoms with van der Waals surface area (Å²) >= 11 is 0. The highest BCUT2D eigenvalue weighted by atomic mass is 16.4. The van der Waals surface area contributed by atoms with Crippen LogP contribution in [0.4, 0.5) is 0 Å². The maximum absolute atomic E-state index is 10.9. The first-order chi connectivity index (χ1) is 7.25. The summed E-state index contributed by atoms with van der Waals surface area (Å²) in [7, 11) is 0. The van der Waals surface area contributed by atoms with Crippen molar-refractivity contribution >= 4 is 5.97 Å². The lowest BCUT2D eigenvalue weighted by molar-refractivity contribution is -0.138. The summed E-state index contributed by atoms with van der Waals surface area (Å²) in [5.41, 5.74) is 1.05. The van der Waals surface area contributed by atoms with Crippen LogP contribution in [0.25, 0.3) is 0 Å². The second-order valence-electron chi connectivity index (χ2n) is 5.05. The van der Waals surface area contributed by atoms with Crippen LogP contribution in [0.3, 0.4) is 0 Å². The Morgan fingerprint density at radius 3 is 2.31 bits per heavy atom. The van der Waals surface area contributed by atoms with E-state index in [4.69, 9.17) is 5.11 Å². The Balaban J connectivity index is 3.30. The van der Waals surface area contributed by atoms with Gasteiger partial charge >= 0.3 is 5.97 Å². The van der Waals surface area contributed by atoms with Gasteiger partial charge in [0.15, 0.2) is 0 Å². The Kier molecular flexibility index (Phi) is 3.27. The Hall–Kier alpha value is -1.51. The van der Waals surface area contributed by atoms with Gasteiger partial charge in [0.05, 0.1) is 5.92 Å². The van der Waals surface area contributed by atoms with Crippen LogP contribution in [-0.2, 0) is 10.2 Å². The van der Waals surface area contributed by atoms with Crippen LogP contribution in [0.1, 0.15) is 44.7 Å². The number of hydrogen-bond acceptors (Lipinski definition) is 2. The zero-order valence-electron chi connectivity index (χ0n) is 10.1. The van der Waals surface area contributed by atoms with Crippen molar-refractivity contribution in [2.75, 3.05) is 0 Å². The molecular formula is C13H18O3. The van der Waals surface area contributed by atoms with E-state index in [1.807, 2.05) is 26.8 Å². The number of hydrogen-bond donors (Lipinski definition) is 2. The molecule has 1 rings (SSSR count). The van der Waals surface area contributed by atoms with Gasteiger partial charge in [0.1, 0.15) is 5.75 Å². The van der Waals surface area contributed by atoms with Crippen LogP contribution < -0.4 is 0 Å². The van der Waals surface area contributed by atoms with Crippen LogP contribution in [0.15, 0.2) is 18.2 Å². The quantitative estimate of drug-likeness (QED) is 0.809. The van der Waals surface area contributed by atoms with E-state index < -0.39 is 11.9 Å². The number of phenolic OH excluding ortho intramolecular Hbond substituents is 1. The second-order valence-corrected chi connectivity index (χ2v) is 5.05. The number of para-hydroxylation sites is 1. The van der Waals surface area contributed by atoms with Crippen molar-refractivity contribution in [1.82, 2.24) is 0 Å². The van der Waals surface area contributed by atoms with Crippen LogP contribution in [-0.4, -0.2) is 16.2 Å². The van der Waals surface area contributed by atoms with Crippen LogP contribution in [0, 0.1) is 0 Å². The maximum Gasteiger partial charge on any atom is 0.310 e. The highest BCUT2D eigenvalue weighted by Gasteiger charge is 2.24. The number of rotatable bonds is 2. The number of carboxylic acids is 1. The van der Waals surface area contributed by atoms with E-state index in [0.717, 1.165) is 5.56 Å². The van der Waals surface area contributed by atoms with E-state index in [0.29, 0.717) is 5.56 Å². The smallest absolute Gasteiger partial charge is 0.310 e. The summed E-state index contributed by atoms with van der Waals surface area (Å²) in [6.07, 6.45) is 0. The van der Waals surface area contributed by atoms with Gasteiger partial charge in [-0.3, -0.25) is 4.79 Å². The normalized spacial score (nSPS) is 13.5. The van der Waals surface area contributed by atoms with Gasteiger partial charge in [0, 0.05) is 5.56 Å². The topological polar surface area (TPSA) is 57.5 Å². The molecule has 0 saturated heterocycles. The zero-order valence-corrected chi connectivity index (χ0v) is 10.1. The monoisotopic (exact) mass is 222 g/mol. The van der Waals surface area contributed by atoms with Crippen molar-refractivity contribution in [2.24, 2.45) is 0 Å². The molecule has 1 aromatic carbocycles. The van der Waals surface area contributed by atoms with Crippen molar-refractivity contribution in [3.8, 4) is 5.75 Å². The molecule has 0 amide bonds. The first-order valence-electron chi connectivity index (χ1n) is 5.30. The van der Waals surface area contributed by atoms with Crippen molar-refractivity contribution in [3.63, 3.8) is 0 Å². The molecule has 0 aliphatic heterocycles. The zero-order chi connectivity index (χ0) is 12.5. The fourth-order valence-electron chi connectivity index (χ4n) is 1.65. The molecule has 0 heterocycles. The van der Waals surface area contributed by atoms with Crippen molar-refractivity contribution in [1.29, 1.82) is 0 Å².